The highest BCUT2D eigenvalue weighted by molar-refractivity contribution is 5.76. The predicted molar refractivity (Wildman–Crippen MR) is 65.9 cm³/mol. The van der Waals surface area contributed by atoms with Crippen LogP contribution in [0.1, 0.15) is 18.9 Å². The van der Waals surface area contributed by atoms with Crippen LogP contribution in [0.3, 0.4) is 0 Å². The number of aromatic amines is 2. The van der Waals surface area contributed by atoms with Gasteiger partial charge in [-0.1, -0.05) is 13.0 Å². The molecule has 1 heterocycles. The Morgan fingerprint density at radius 1 is 1.29 bits per heavy atom. The second-order valence-electron chi connectivity index (χ2n) is 3.91. The van der Waals surface area contributed by atoms with E-state index in [0.717, 1.165) is 23.0 Å². The van der Waals surface area contributed by atoms with Crippen LogP contribution >= 0.6 is 0 Å². The smallest absolute Gasteiger partial charge is 0.323 e. The summed E-state index contributed by atoms with van der Waals surface area (Å²) in [7, 11) is 0. The number of carbonyl (C=O) groups is 1. The summed E-state index contributed by atoms with van der Waals surface area (Å²) in [6.45, 7) is 2.44. The van der Waals surface area contributed by atoms with Crippen LogP contribution in [0.4, 0.5) is 0 Å². The standard InChI is InChI=1S/C12H15N3O2/c1-2-11(16)13-6-5-8-3-4-9-10(7-8)15-12(17)14-9/h3-4,7H,2,5-6H2,1H3,(H,13,16)(H2,14,15,17). The maximum atomic E-state index is 11.1. The highest BCUT2D eigenvalue weighted by Gasteiger charge is 2.01. The van der Waals surface area contributed by atoms with Gasteiger partial charge in [-0.15, -0.1) is 0 Å². The number of nitrogens with one attached hydrogen (secondary N) is 3. The van der Waals surface area contributed by atoms with Crippen molar-refractivity contribution in [3.63, 3.8) is 0 Å². The van der Waals surface area contributed by atoms with Gasteiger partial charge >= 0.3 is 5.69 Å². The molecule has 0 bridgehead atoms. The van der Waals surface area contributed by atoms with Gasteiger partial charge in [0.2, 0.25) is 5.91 Å². The van der Waals surface area contributed by atoms with Crippen molar-refractivity contribution in [1.29, 1.82) is 0 Å². The zero-order chi connectivity index (χ0) is 12.3. The minimum atomic E-state index is -0.198. The molecule has 0 aliphatic heterocycles. The molecule has 0 atom stereocenters. The SMILES string of the molecule is CCC(=O)NCCc1ccc2[nH]c(=O)[nH]c2c1. The van der Waals surface area contributed by atoms with Gasteiger partial charge in [0.25, 0.3) is 0 Å². The zero-order valence-electron chi connectivity index (χ0n) is 9.67. The van der Waals surface area contributed by atoms with Crippen LogP contribution in [0.25, 0.3) is 11.0 Å². The lowest BCUT2D eigenvalue weighted by molar-refractivity contribution is -0.120. The highest BCUT2D eigenvalue weighted by Crippen LogP contribution is 2.10. The number of aromatic nitrogens is 2. The van der Waals surface area contributed by atoms with Crippen molar-refractivity contribution in [3.05, 3.63) is 34.2 Å². The number of amides is 1. The Kier molecular flexibility index (Phi) is 3.27. The van der Waals surface area contributed by atoms with Crippen LogP contribution in [0, 0.1) is 0 Å². The molecule has 0 fully saturated rings. The van der Waals surface area contributed by atoms with Crippen molar-refractivity contribution < 1.29 is 4.79 Å². The van der Waals surface area contributed by atoms with E-state index in [9.17, 15) is 9.59 Å². The van der Waals surface area contributed by atoms with E-state index in [1.165, 1.54) is 0 Å². The first kappa shape index (κ1) is 11.4. The molecule has 3 N–H and O–H groups in total. The summed E-state index contributed by atoms with van der Waals surface area (Å²) in [4.78, 5) is 27.5. The van der Waals surface area contributed by atoms with Gasteiger partial charge in [-0.3, -0.25) is 4.79 Å². The summed E-state index contributed by atoms with van der Waals surface area (Å²) < 4.78 is 0. The van der Waals surface area contributed by atoms with Gasteiger partial charge in [-0.2, -0.15) is 0 Å². The maximum absolute atomic E-state index is 11.1. The lowest BCUT2D eigenvalue weighted by Crippen LogP contribution is -2.24. The molecule has 90 valence electrons. The van der Waals surface area contributed by atoms with Gasteiger partial charge in [0, 0.05) is 13.0 Å². The monoisotopic (exact) mass is 233 g/mol. The summed E-state index contributed by atoms with van der Waals surface area (Å²) in [6, 6.07) is 5.74. The quantitative estimate of drug-likeness (QED) is 0.734. The van der Waals surface area contributed by atoms with E-state index < -0.39 is 0 Å². The van der Waals surface area contributed by atoms with Gasteiger partial charge in [0.05, 0.1) is 11.0 Å². The maximum Gasteiger partial charge on any atom is 0.323 e. The first-order valence-corrected chi connectivity index (χ1v) is 5.66. The Morgan fingerprint density at radius 3 is 2.82 bits per heavy atom. The molecule has 0 saturated heterocycles. The van der Waals surface area contributed by atoms with E-state index in [4.69, 9.17) is 0 Å². The highest BCUT2D eigenvalue weighted by atomic mass is 16.1. The van der Waals surface area contributed by atoms with E-state index in [2.05, 4.69) is 15.3 Å². The fourth-order valence-electron chi connectivity index (χ4n) is 1.71. The third-order valence-electron chi connectivity index (χ3n) is 2.64. The molecule has 1 aromatic carbocycles. The Hall–Kier alpha value is -2.04. The summed E-state index contributed by atoms with van der Waals surface area (Å²) in [5, 5.41) is 2.82. The largest absolute Gasteiger partial charge is 0.356 e. The molecule has 0 spiro atoms. The van der Waals surface area contributed by atoms with E-state index in [-0.39, 0.29) is 11.6 Å². The summed E-state index contributed by atoms with van der Waals surface area (Å²) in [6.07, 6.45) is 1.26. The Labute approximate surface area is 98.2 Å². The van der Waals surface area contributed by atoms with Gasteiger partial charge < -0.3 is 15.3 Å². The van der Waals surface area contributed by atoms with Crippen molar-refractivity contribution in [2.24, 2.45) is 0 Å². The molecule has 5 heteroatoms. The number of hydrogen-bond acceptors (Lipinski definition) is 2. The molecule has 0 radical (unpaired) electrons. The van der Waals surface area contributed by atoms with Crippen LogP contribution in [0.5, 0.6) is 0 Å². The molecule has 0 saturated carbocycles. The van der Waals surface area contributed by atoms with Gasteiger partial charge in [0.15, 0.2) is 0 Å². The Balaban J connectivity index is 2.04. The van der Waals surface area contributed by atoms with Crippen molar-refractivity contribution >= 4 is 16.9 Å². The number of H-pyrrole nitrogens is 2. The molecule has 1 aromatic heterocycles. The fourth-order valence-corrected chi connectivity index (χ4v) is 1.71. The zero-order valence-corrected chi connectivity index (χ0v) is 9.67. The minimum Gasteiger partial charge on any atom is -0.356 e. The molecule has 2 aromatic rings. The summed E-state index contributed by atoms with van der Waals surface area (Å²) >= 11 is 0. The van der Waals surface area contributed by atoms with Crippen LogP contribution in [-0.4, -0.2) is 22.4 Å². The molecule has 5 nitrogen and oxygen atoms in total. The van der Waals surface area contributed by atoms with Gasteiger partial charge in [-0.05, 0) is 24.1 Å². The average Bonchev–Trinajstić information content (AvgIpc) is 2.68. The van der Waals surface area contributed by atoms with Crippen molar-refractivity contribution in [1.82, 2.24) is 15.3 Å². The molecule has 0 aliphatic carbocycles. The lowest BCUT2D eigenvalue weighted by atomic mass is 10.1. The van der Waals surface area contributed by atoms with E-state index in [1.807, 2.05) is 25.1 Å². The van der Waals surface area contributed by atoms with Crippen molar-refractivity contribution in [3.8, 4) is 0 Å². The van der Waals surface area contributed by atoms with Crippen molar-refractivity contribution in [2.75, 3.05) is 6.54 Å². The van der Waals surface area contributed by atoms with Crippen LogP contribution < -0.4 is 11.0 Å². The second-order valence-corrected chi connectivity index (χ2v) is 3.91. The normalized spacial score (nSPS) is 10.6. The number of fused-ring (bicyclic) bond motifs is 1. The third-order valence-corrected chi connectivity index (χ3v) is 2.64. The first-order valence-electron chi connectivity index (χ1n) is 5.66. The molecular weight excluding hydrogens is 218 g/mol. The second kappa shape index (κ2) is 4.86. The van der Waals surface area contributed by atoms with Gasteiger partial charge in [-0.25, -0.2) is 4.79 Å². The number of hydrogen-bond donors (Lipinski definition) is 3. The van der Waals surface area contributed by atoms with Gasteiger partial charge in [0.1, 0.15) is 0 Å². The molecule has 0 aliphatic rings. The first-order chi connectivity index (χ1) is 8.19. The van der Waals surface area contributed by atoms with Crippen LogP contribution in [0.2, 0.25) is 0 Å². The van der Waals surface area contributed by atoms with E-state index in [1.54, 1.807) is 0 Å². The van der Waals surface area contributed by atoms with E-state index >= 15 is 0 Å². The molecular formula is C12H15N3O2. The summed E-state index contributed by atoms with van der Waals surface area (Å²) in [5.41, 5.74) is 2.49. The topological polar surface area (TPSA) is 77.8 Å². The fraction of sp³-hybridized carbons (Fsp3) is 0.333. The predicted octanol–water partition coefficient (Wildman–Crippen LogP) is 0.925. The molecule has 1 amide bonds. The number of benzene rings is 1. The molecule has 0 unspecified atom stereocenters. The molecule has 2 rings (SSSR count). The Bertz CT molecular complexity index is 583. The Morgan fingerprint density at radius 2 is 2.06 bits per heavy atom. The van der Waals surface area contributed by atoms with E-state index in [0.29, 0.717) is 13.0 Å². The molecule has 17 heavy (non-hydrogen) atoms. The third kappa shape index (κ3) is 2.75. The minimum absolute atomic E-state index is 0.0566. The number of carbonyl (C=O) groups excluding carboxylic acids is 1. The van der Waals surface area contributed by atoms with Crippen LogP contribution in [-0.2, 0) is 11.2 Å². The number of imidazole rings is 1. The average molecular weight is 233 g/mol. The lowest BCUT2D eigenvalue weighted by Gasteiger charge is -2.03. The van der Waals surface area contributed by atoms with Crippen molar-refractivity contribution in [2.45, 2.75) is 19.8 Å². The number of rotatable bonds is 4. The van der Waals surface area contributed by atoms with Crippen LogP contribution in [0.15, 0.2) is 23.0 Å². The summed E-state index contributed by atoms with van der Waals surface area (Å²) in [5.74, 6) is 0.0566.